The molecule has 1 amide bonds. The number of piperazine rings is 1. The molecule has 0 spiro atoms. The number of carbonyl (C=O) groups is 1. The lowest BCUT2D eigenvalue weighted by molar-refractivity contribution is 0.0542. The number of likely N-dealkylation sites (N-methyl/N-ethyl adjacent to an activating group) is 1. The monoisotopic (exact) mass is 392 g/mol. The molecule has 1 unspecified atom stereocenters. The second-order valence-corrected chi connectivity index (χ2v) is 6.87. The molecule has 0 radical (unpaired) electrons. The Balaban J connectivity index is 1.87. The molecule has 2 aromatic rings. The summed E-state index contributed by atoms with van der Waals surface area (Å²) < 4.78 is 24.8. The van der Waals surface area contributed by atoms with Crippen molar-refractivity contribution in [2.24, 2.45) is 0 Å². The Morgan fingerprint density at radius 1 is 1.15 bits per heavy atom. The summed E-state index contributed by atoms with van der Waals surface area (Å²) in [5.74, 6) is 0.278. The molecule has 2 aromatic carbocycles. The van der Waals surface area contributed by atoms with Crippen LogP contribution in [-0.4, -0.2) is 56.6 Å². The summed E-state index contributed by atoms with van der Waals surface area (Å²) in [7, 11) is 5.17. The number of amides is 1. The van der Waals surface area contributed by atoms with Gasteiger partial charge >= 0.3 is 0 Å². The second-order valence-electron chi connectivity index (χ2n) is 6.46. The molecule has 1 aliphatic heterocycles. The van der Waals surface area contributed by atoms with E-state index in [9.17, 15) is 9.18 Å². The van der Waals surface area contributed by atoms with Crippen LogP contribution in [0.25, 0.3) is 0 Å². The number of ether oxygens (including phenoxy) is 2. The zero-order chi connectivity index (χ0) is 19.6. The normalized spacial score (nSPS) is 17.7. The lowest BCUT2D eigenvalue weighted by Crippen LogP contribution is -2.49. The Bertz CT molecular complexity index is 826. The maximum atomic E-state index is 14.2. The highest BCUT2D eigenvalue weighted by Crippen LogP contribution is 2.33. The summed E-state index contributed by atoms with van der Waals surface area (Å²) in [4.78, 5) is 16.7. The molecule has 1 heterocycles. The Hall–Kier alpha value is -2.31. The Morgan fingerprint density at radius 2 is 1.89 bits per heavy atom. The van der Waals surface area contributed by atoms with E-state index < -0.39 is 11.7 Å². The zero-order valence-electron chi connectivity index (χ0n) is 15.5. The quantitative estimate of drug-likeness (QED) is 0.797. The average Bonchev–Trinajstić information content (AvgIpc) is 2.67. The maximum Gasteiger partial charge on any atom is 0.258 e. The Kier molecular flexibility index (Phi) is 5.87. The number of benzene rings is 2. The first kappa shape index (κ1) is 19.5. The Labute approximate surface area is 163 Å². The van der Waals surface area contributed by atoms with Gasteiger partial charge in [0.05, 0.1) is 30.8 Å². The highest BCUT2D eigenvalue weighted by molar-refractivity contribution is 6.33. The number of hydrogen-bond acceptors (Lipinski definition) is 4. The van der Waals surface area contributed by atoms with Gasteiger partial charge in [-0.1, -0.05) is 23.7 Å². The van der Waals surface area contributed by atoms with Crippen molar-refractivity contribution in [3.8, 4) is 11.5 Å². The van der Waals surface area contributed by atoms with Gasteiger partial charge < -0.3 is 14.4 Å². The van der Waals surface area contributed by atoms with Gasteiger partial charge in [0.1, 0.15) is 5.82 Å². The highest BCUT2D eigenvalue weighted by Gasteiger charge is 2.31. The fourth-order valence-electron chi connectivity index (χ4n) is 3.34. The molecule has 1 atom stereocenters. The number of carbonyl (C=O) groups excluding carboxylic acids is 1. The van der Waals surface area contributed by atoms with Crippen LogP contribution in [0, 0.1) is 5.82 Å². The molecule has 3 rings (SSSR count). The lowest BCUT2D eigenvalue weighted by atomic mass is 10.0. The van der Waals surface area contributed by atoms with Gasteiger partial charge in [0.25, 0.3) is 5.91 Å². The van der Waals surface area contributed by atoms with Gasteiger partial charge in [0.15, 0.2) is 11.5 Å². The van der Waals surface area contributed by atoms with Crippen molar-refractivity contribution in [1.82, 2.24) is 9.80 Å². The van der Waals surface area contributed by atoms with E-state index in [4.69, 9.17) is 21.1 Å². The van der Waals surface area contributed by atoms with Gasteiger partial charge in [-0.25, -0.2) is 4.39 Å². The number of methoxy groups -OCH3 is 2. The molecule has 5 nitrogen and oxygen atoms in total. The molecule has 0 saturated carbocycles. The van der Waals surface area contributed by atoms with Crippen LogP contribution in [0.3, 0.4) is 0 Å². The molecular formula is C20H22ClFN2O3. The van der Waals surface area contributed by atoms with Gasteiger partial charge in [0.2, 0.25) is 0 Å². The third-order valence-corrected chi connectivity index (χ3v) is 5.22. The first-order valence-electron chi connectivity index (χ1n) is 8.61. The highest BCUT2D eigenvalue weighted by atomic mass is 35.5. The van der Waals surface area contributed by atoms with E-state index in [-0.39, 0.29) is 16.6 Å². The van der Waals surface area contributed by atoms with Crippen LogP contribution in [0.15, 0.2) is 36.4 Å². The van der Waals surface area contributed by atoms with Gasteiger partial charge in [-0.2, -0.15) is 0 Å². The number of hydrogen-bond donors (Lipinski definition) is 0. The van der Waals surface area contributed by atoms with E-state index in [0.29, 0.717) is 31.1 Å². The molecule has 27 heavy (non-hydrogen) atoms. The van der Waals surface area contributed by atoms with Crippen molar-refractivity contribution in [1.29, 1.82) is 0 Å². The van der Waals surface area contributed by atoms with Crippen molar-refractivity contribution in [2.45, 2.75) is 6.04 Å². The van der Waals surface area contributed by atoms with E-state index in [1.807, 2.05) is 25.2 Å². The van der Waals surface area contributed by atoms with Crippen molar-refractivity contribution in [3.63, 3.8) is 0 Å². The maximum absolute atomic E-state index is 14.2. The summed E-state index contributed by atoms with van der Waals surface area (Å²) in [6.45, 7) is 1.59. The van der Waals surface area contributed by atoms with Crippen LogP contribution in [0.5, 0.6) is 11.5 Å². The molecule has 7 heteroatoms. The van der Waals surface area contributed by atoms with Crippen LogP contribution < -0.4 is 9.47 Å². The van der Waals surface area contributed by atoms with Gasteiger partial charge in [0, 0.05) is 19.6 Å². The third-order valence-electron chi connectivity index (χ3n) is 4.90. The van der Waals surface area contributed by atoms with Crippen LogP contribution >= 0.6 is 11.6 Å². The zero-order valence-corrected chi connectivity index (χ0v) is 16.3. The molecule has 1 aliphatic rings. The smallest absolute Gasteiger partial charge is 0.258 e. The first-order valence-corrected chi connectivity index (χ1v) is 8.99. The molecule has 0 aliphatic carbocycles. The topological polar surface area (TPSA) is 42.0 Å². The first-order chi connectivity index (χ1) is 13.0. The minimum absolute atomic E-state index is 0.0481. The SMILES string of the molecule is COc1ccc(C2CN(C(=O)c3c(F)cccc3Cl)CCN2C)cc1OC. The largest absolute Gasteiger partial charge is 0.493 e. The van der Waals surface area contributed by atoms with Crippen LogP contribution in [0.1, 0.15) is 22.0 Å². The second kappa shape index (κ2) is 8.15. The van der Waals surface area contributed by atoms with Crippen molar-refractivity contribution in [3.05, 3.63) is 58.4 Å². The number of nitrogens with zero attached hydrogens (tertiary/aromatic N) is 2. The lowest BCUT2D eigenvalue weighted by Gasteiger charge is -2.40. The van der Waals surface area contributed by atoms with Crippen LogP contribution in [0.2, 0.25) is 5.02 Å². The molecule has 1 fully saturated rings. The van der Waals surface area contributed by atoms with Crippen LogP contribution in [0.4, 0.5) is 4.39 Å². The minimum atomic E-state index is -0.603. The summed E-state index contributed by atoms with van der Waals surface area (Å²) >= 11 is 6.07. The molecule has 144 valence electrons. The van der Waals surface area contributed by atoms with E-state index in [2.05, 4.69) is 4.90 Å². The van der Waals surface area contributed by atoms with E-state index in [0.717, 1.165) is 5.56 Å². The standard InChI is InChI=1S/C20H22ClFN2O3/c1-23-9-10-24(20(25)19-14(21)5-4-6-15(19)22)12-16(23)13-7-8-17(26-2)18(11-13)27-3/h4-8,11,16H,9-10,12H2,1-3H3. The third kappa shape index (κ3) is 3.87. The van der Waals surface area contributed by atoms with Gasteiger partial charge in [-0.05, 0) is 36.9 Å². The fraction of sp³-hybridized carbons (Fsp3) is 0.350. The average molecular weight is 393 g/mol. The predicted molar refractivity (Wildman–Crippen MR) is 102 cm³/mol. The van der Waals surface area contributed by atoms with Crippen molar-refractivity contribution >= 4 is 17.5 Å². The summed E-state index contributed by atoms with van der Waals surface area (Å²) in [5, 5.41) is 0.126. The molecular weight excluding hydrogens is 371 g/mol. The number of halogens is 2. The van der Waals surface area contributed by atoms with E-state index >= 15 is 0 Å². The van der Waals surface area contributed by atoms with Crippen molar-refractivity contribution in [2.75, 3.05) is 40.9 Å². The number of rotatable bonds is 4. The Morgan fingerprint density at radius 3 is 2.56 bits per heavy atom. The predicted octanol–water partition coefficient (Wildman–Crippen LogP) is 3.63. The molecule has 0 bridgehead atoms. The van der Waals surface area contributed by atoms with Gasteiger partial charge in [-0.15, -0.1) is 0 Å². The summed E-state index contributed by atoms with van der Waals surface area (Å²) in [6.07, 6.45) is 0. The van der Waals surface area contributed by atoms with Crippen molar-refractivity contribution < 1.29 is 18.7 Å². The summed E-state index contributed by atoms with van der Waals surface area (Å²) in [6, 6.07) is 9.92. The summed E-state index contributed by atoms with van der Waals surface area (Å²) in [5.41, 5.74) is 0.919. The van der Waals surface area contributed by atoms with E-state index in [1.165, 1.54) is 18.2 Å². The van der Waals surface area contributed by atoms with E-state index in [1.54, 1.807) is 19.1 Å². The molecule has 1 saturated heterocycles. The molecule has 0 aromatic heterocycles. The van der Waals surface area contributed by atoms with Crippen LogP contribution in [-0.2, 0) is 0 Å². The molecule has 0 N–H and O–H groups in total. The fourth-order valence-corrected chi connectivity index (χ4v) is 3.58. The minimum Gasteiger partial charge on any atom is -0.493 e. The van der Waals surface area contributed by atoms with Gasteiger partial charge in [-0.3, -0.25) is 9.69 Å².